The van der Waals surface area contributed by atoms with Crippen molar-refractivity contribution in [1.82, 2.24) is 0 Å². The van der Waals surface area contributed by atoms with Crippen molar-refractivity contribution < 1.29 is 42.9 Å². The molecule has 0 aliphatic rings. The Morgan fingerprint density at radius 2 is 0.771 bits per heavy atom. The molecule has 0 amide bonds. The van der Waals surface area contributed by atoms with Crippen LogP contribution in [0.1, 0.15) is 290 Å². The molecule has 2 unspecified atom stereocenters. The van der Waals surface area contributed by atoms with Gasteiger partial charge < -0.3 is 28.5 Å². The summed E-state index contributed by atoms with van der Waals surface area (Å²) in [5.41, 5.74) is 0. The molecule has 70 heavy (non-hydrogen) atoms. The number of aliphatic carboxylic acids is 1. The van der Waals surface area contributed by atoms with E-state index in [0.29, 0.717) is 17.4 Å². The van der Waals surface area contributed by atoms with Gasteiger partial charge in [-0.2, -0.15) is 0 Å². The first-order valence-corrected chi connectivity index (χ1v) is 30.0. The Labute approximate surface area is 433 Å². The van der Waals surface area contributed by atoms with Crippen molar-refractivity contribution in [1.29, 1.82) is 0 Å². The quantitative estimate of drug-likeness (QED) is 0.0211. The molecule has 0 spiro atoms. The van der Waals surface area contributed by atoms with Crippen LogP contribution in [0.4, 0.5) is 0 Å². The Kier molecular flexibility index (Phi) is 51.4. The summed E-state index contributed by atoms with van der Waals surface area (Å²) >= 11 is 0. The minimum Gasteiger partial charge on any atom is -0.477 e. The molecule has 0 aliphatic heterocycles. The molecule has 0 heterocycles. The van der Waals surface area contributed by atoms with Crippen LogP contribution in [0.5, 0.6) is 0 Å². The highest BCUT2D eigenvalue weighted by atomic mass is 16.7. The lowest BCUT2D eigenvalue weighted by Crippen LogP contribution is -2.40. The third kappa shape index (κ3) is 53.6. The second kappa shape index (κ2) is 53.1. The predicted octanol–water partition coefficient (Wildman–Crippen LogP) is 17.5. The Balaban J connectivity index is 3.94. The van der Waals surface area contributed by atoms with Gasteiger partial charge in [0.15, 0.2) is 6.10 Å². The molecule has 0 rings (SSSR count). The van der Waals surface area contributed by atoms with Crippen LogP contribution in [0.2, 0.25) is 0 Å². The zero-order valence-corrected chi connectivity index (χ0v) is 47.0. The van der Waals surface area contributed by atoms with Crippen molar-refractivity contribution in [3.63, 3.8) is 0 Å². The first-order chi connectivity index (χ1) is 34.1. The van der Waals surface area contributed by atoms with E-state index in [1.165, 1.54) is 218 Å². The number of likely N-dealkylation sites (N-methyl/N-ethyl adjacent to an activating group) is 1. The molecule has 0 aromatic heterocycles. The highest BCUT2D eigenvalue weighted by Gasteiger charge is 2.25. The van der Waals surface area contributed by atoms with Gasteiger partial charge in [0.2, 0.25) is 0 Å². The van der Waals surface area contributed by atoms with E-state index >= 15 is 0 Å². The van der Waals surface area contributed by atoms with Crippen LogP contribution in [0.15, 0.2) is 24.3 Å². The topological polar surface area (TPSA) is 108 Å². The van der Waals surface area contributed by atoms with Gasteiger partial charge >= 0.3 is 17.9 Å². The normalized spacial score (nSPS) is 12.9. The van der Waals surface area contributed by atoms with Gasteiger partial charge in [-0.15, -0.1) is 0 Å². The van der Waals surface area contributed by atoms with Crippen LogP contribution in [-0.2, 0) is 33.3 Å². The van der Waals surface area contributed by atoms with Crippen LogP contribution in [0.25, 0.3) is 0 Å². The van der Waals surface area contributed by atoms with Gasteiger partial charge in [0, 0.05) is 12.8 Å². The lowest BCUT2D eigenvalue weighted by molar-refractivity contribution is -0.870. The molecular weight excluding hydrogens is 875 g/mol. The maximum atomic E-state index is 12.8. The number of nitrogens with zero attached hydrogens (tertiary/aromatic N) is 1. The van der Waals surface area contributed by atoms with Crippen molar-refractivity contribution in [3.05, 3.63) is 24.3 Å². The molecule has 9 heteroatoms. The number of unbranched alkanes of at least 4 members (excludes halogenated alkanes) is 37. The largest absolute Gasteiger partial charge is 0.477 e. The first-order valence-electron chi connectivity index (χ1n) is 30.0. The summed E-state index contributed by atoms with van der Waals surface area (Å²) in [5.74, 6) is -1.99. The molecule has 0 bridgehead atoms. The van der Waals surface area contributed by atoms with Gasteiger partial charge in [0.05, 0.1) is 34.4 Å². The number of carbonyl (C=O) groups excluding carboxylic acids is 2. The van der Waals surface area contributed by atoms with E-state index in [0.717, 1.165) is 44.9 Å². The summed E-state index contributed by atoms with van der Waals surface area (Å²) in [7, 11) is 5.97. The monoisotopic (exact) mass is 991 g/mol. The number of carboxylic acid groups (broad SMARTS) is 1. The third-order valence-electron chi connectivity index (χ3n) is 13.5. The highest BCUT2D eigenvalue weighted by Crippen LogP contribution is 2.17. The fraction of sp³-hybridized carbons (Fsp3) is 0.885. The second-order valence-electron chi connectivity index (χ2n) is 21.7. The second-order valence-corrected chi connectivity index (χ2v) is 21.7. The summed E-state index contributed by atoms with van der Waals surface area (Å²) < 4.78 is 22.8. The van der Waals surface area contributed by atoms with E-state index < -0.39 is 18.4 Å². The van der Waals surface area contributed by atoms with Crippen LogP contribution >= 0.6 is 0 Å². The minimum atomic E-state index is -1.50. The SMILES string of the molecule is CCCCCCC/C=C\C/C=C\CCCCCCCCCCCCCCCCCCCCCCCCCC(=O)OC(COC(=O)CCCCCCCCCCCC)COC(OCC[N+](C)(C)C)C(=O)O. The van der Waals surface area contributed by atoms with Gasteiger partial charge in [-0.25, -0.2) is 4.79 Å². The fourth-order valence-corrected chi connectivity index (χ4v) is 8.81. The summed E-state index contributed by atoms with van der Waals surface area (Å²) in [5, 5.41) is 9.67. The molecule has 0 aliphatic carbocycles. The van der Waals surface area contributed by atoms with Crippen molar-refractivity contribution in [3.8, 4) is 0 Å². The predicted molar refractivity (Wildman–Crippen MR) is 295 cm³/mol. The Bertz CT molecular complexity index is 1200. The fourth-order valence-electron chi connectivity index (χ4n) is 8.81. The van der Waals surface area contributed by atoms with Gasteiger partial charge in [0.25, 0.3) is 6.29 Å². The number of carbonyl (C=O) groups is 3. The maximum absolute atomic E-state index is 12.8. The number of allylic oxidation sites excluding steroid dienone is 4. The lowest BCUT2D eigenvalue weighted by atomic mass is 10.0. The van der Waals surface area contributed by atoms with Gasteiger partial charge in [-0.1, -0.05) is 256 Å². The smallest absolute Gasteiger partial charge is 0.361 e. The number of hydrogen-bond donors (Lipinski definition) is 1. The molecule has 1 N–H and O–H groups in total. The number of hydrogen-bond acceptors (Lipinski definition) is 7. The molecular formula is C61H116NO8+. The van der Waals surface area contributed by atoms with Gasteiger partial charge in [0.1, 0.15) is 13.2 Å². The number of rotatable bonds is 56. The maximum Gasteiger partial charge on any atom is 0.361 e. The first kappa shape index (κ1) is 67.8. The molecule has 2 atom stereocenters. The molecule has 0 radical (unpaired) electrons. The zero-order valence-electron chi connectivity index (χ0n) is 47.0. The van der Waals surface area contributed by atoms with E-state index in [-0.39, 0.29) is 38.2 Å². The highest BCUT2D eigenvalue weighted by molar-refractivity contribution is 5.71. The van der Waals surface area contributed by atoms with Crippen LogP contribution in [-0.4, -0.2) is 87.4 Å². The Morgan fingerprint density at radius 1 is 0.429 bits per heavy atom. The van der Waals surface area contributed by atoms with E-state index in [1.54, 1.807) is 0 Å². The molecule has 9 nitrogen and oxygen atoms in total. The van der Waals surface area contributed by atoms with Gasteiger partial charge in [-0.3, -0.25) is 9.59 Å². The molecule has 412 valence electrons. The minimum absolute atomic E-state index is 0.175. The average Bonchev–Trinajstić information content (AvgIpc) is 3.33. The van der Waals surface area contributed by atoms with Crippen molar-refractivity contribution in [2.45, 2.75) is 302 Å². The lowest BCUT2D eigenvalue weighted by Gasteiger charge is -2.25. The molecule has 0 saturated carbocycles. The zero-order chi connectivity index (χ0) is 51.3. The average molecular weight is 992 g/mol. The van der Waals surface area contributed by atoms with E-state index in [1.807, 2.05) is 21.1 Å². The van der Waals surface area contributed by atoms with Gasteiger partial charge in [-0.05, 0) is 44.9 Å². The van der Waals surface area contributed by atoms with E-state index in [2.05, 4.69) is 38.2 Å². The van der Waals surface area contributed by atoms with Crippen LogP contribution in [0.3, 0.4) is 0 Å². The summed E-state index contributed by atoms with van der Waals surface area (Å²) in [4.78, 5) is 37.2. The third-order valence-corrected chi connectivity index (χ3v) is 13.5. The summed E-state index contributed by atoms with van der Waals surface area (Å²) in [6.07, 6.45) is 60.1. The Hall–Kier alpha value is -2.23. The number of ether oxygens (including phenoxy) is 4. The Morgan fingerprint density at radius 3 is 1.13 bits per heavy atom. The van der Waals surface area contributed by atoms with Crippen LogP contribution in [0, 0.1) is 0 Å². The number of esters is 2. The van der Waals surface area contributed by atoms with Crippen molar-refractivity contribution in [2.24, 2.45) is 0 Å². The number of quaternary nitrogens is 1. The molecule has 0 aromatic rings. The molecule has 0 saturated heterocycles. The molecule has 0 aromatic carbocycles. The summed E-state index contributed by atoms with van der Waals surface area (Å²) in [6.45, 7) is 4.89. The number of carboxylic acids is 1. The molecule has 0 fully saturated rings. The van der Waals surface area contributed by atoms with Crippen molar-refractivity contribution in [2.75, 3.05) is 47.5 Å². The van der Waals surface area contributed by atoms with Crippen LogP contribution < -0.4 is 0 Å². The van der Waals surface area contributed by atoms with E-state index in [4.69, 9.17) is 18.9 Å². The summed E-state index contributed by atoms with van der Waals surface area (Å²) in [6, 6.07) is 0. The van der Waals surface area contributed by atoms with E-state index in [9.17, 15) is 19.5 Å². The van der Waals surface area contributed by atoms with Crippen molar-refractivity contribution >= 4 is 17.9 Å². The standard InChI is InChI=1S/C61H115NO8/c1-6-8-10-12-14-16-18-19-20-21-22-23-24-25-26-27-28-29-30-31-32-33-34-35-36-37-38-39-40-41-42-44-46-48-50-52-59(64)70-57(56-69-61(60(65)66)67-54-53-62(3,4)5)55-68-58(63)51-49-47-45-43-17-15-13-11-9-7-2/h18-19,21-22,57,61H,6-17,20,23-56H2,1-5H3/p+1/b19-18-,22-21-.